The molecule has 3 heterocycles. The third-order valence-electron chi connectivity index (χ3n) is 6.99. The summed E-state index contributed by atoms with van der Waals surface area (Å²) in [6.07, 6.45) is 4.65. The number of fused-ring (bicyclic) bond motifs is 3. The minimum Gasteiger partial charge on any atom is -0.349 e. The molecule has 2 saturated heterocycles. The Morgan fingerprint density at radius 3 is 2.30 bits per heavy atom. The number of nitrogens with zero attached hydrogens (tertiary/aromatic N) is 2. The molecule has 2 aliphatic heterocycles. The van der Waals surface area contributed by atoms with Crippen molar-refractivity contribution in [2.75, 3.05) is 7.05 Å². The summed E-state index contributed by atoms with van der Waals surface area (Å²) in [4.78, 5) is 16.1. The van der Waals surface area contributed by atoms with Crippen molar-refractivity contribution < 1.29 is 4.79 Å². The number of rotatable bonds is 4. The molecule has 0 aliphatic carbocycles. The Kier molecular flexibility index (Phi) is 5.90. The first-order chi connectivity index (χ1) is 14.2. The van der Waals surface area contributed by atoms with Gasteiger partial charge in [0.25, 0.3) is 5.91 Å². The Balaban J connectivity index is 0.00000218. The van der Waals surface area contributed by atoms with Gasteiger partial charge in [-0.15, -0.1) is 12.4 Å². The maximum atomic E-state index is 13.6. The van der Waals surface area contributed by atoms with Gasteiger partial charge in [-0.1, -0.05) is 48.5 Å². The predicted octanol–water partition coefficient (Wildman–Crippen LogP) is 5.11. The van der Waals surface area contributed by atoms with Gasteiger partial charge in [-0.3, -0.25) is 4.79 Å². The summed E-state index contributed by atoms with van der Waals surface area (Å²) in [6, 6.07) is 20.1. The summed E-state index contributed by atoms with van der Waals surface area (Å²) >= 11 is 0. The Labute approximate surface area is 184 Å². The van der Waals surface area contributed by atoms with E-state index in [0.29, 0.717) is 12.1 Å². The fourth-order valence-electron chi connectivity index (χ4n) is 5.54. The van der Waals surface area contributed by atoms with Crippen LogP contribution in [0.4, 0.5) is 0 Å². The molecule has 1 aromatic heterocycles. The van der Waals surface area contributed by atoms with Gasteiger partial charge >= 0.3 is 0 Å². The third kappa shape index (κ3) is 3.42. The van der Waals surface area contributed by atoms with E-state index in [4.69, 9.17) is 0 Å². The average Bonchev–Trinajstić information content (AvgIpc) is 3.17. The normalized spacial score (nSPS) is 23.3. The fraction of sp³-hybridized carbons (Fsp3) is 0.400. The highest BCUT2D eigenvalue weighted by atomic mass is 35.5. The van der Waals surface area contributed by atoms with Crippen LogP contribution in [0.5, 0.6) is 0 Å². The molecular formula is C25H30ClN3O. The highest BCUT2D eigenvalue weighted by molar-refractivity contribution is 6.13. The average molecular weight is 424 g/mol. The predicted molar refractivity (Wildman–Crippen MR) is 125 cm³/mol. The molecule has 158 valence electrons. The Morgan fingerprint density at radius 2 is 1.63 bits per heavy atom. The number of para-hydroxylation sites is 1. The molecular weight excluding hydrogens is 394 g/mol. The first kappa shape index (κ1) is 21.0. The van der Waals surface area contributed by atoms with Crippen LogP contribution in [0.15, 0.2) is 54.6 Å². The second-order valence-corrected chi connectivity index (χ2v) is 8.54. The maximum Gasteiger partial charge on any atom is 0.254 e. The molecule has 3 atom stereocenters. The molecule has 1 N–H and O–H groups in total. The van der Waals surface area contributed by atoms with Gasteiger partial charge in [0.2, 0.25) is 0 Å². The molecule has 2 fully saturated rings. The van der Waals surface area contributed by atoms with Gasteiger partial charge in [-0.05, 0) is 51.3 Å². The van der Waals surface area contributed by atoms with Crippen LogP contribution in [0.1, 0.15) is 43.0 Å². The van der Waals surface area contributed by atoms with E-state index in [2.05, 4.69) is 59.1 Å². The molecule has 2 aromatic carbocycles. The van der Waals surface area contributed by atoms with Gasteiger partial charge in [0, 0.05) is 35.6 Å². The van der Waals surface area contributed by atoms with Crippen LogP contribution in [-0.2, 0) is 6.54 Å². The third-order valence-corrected chi connectivity index (χ3v) is 6.99. The van der Waals surface area contributed by atoms with Crippen molar-refractivity contribution in [1.29, 1.82) is 0 Å². The minimum atomic E-state index is 0. The van der Waals surface area contributed by atoms with Gasteiger partial charge in [0.1, 0.15) is 0 Å². The van der Waals surface area contributed by atoms with Crippen molar-refractivity contribution in [2.45, 2.75) is 57.3 Å². The zero-order chi connectivity index (χ0) is 20.0. The van der Waals surface area contributed by atoms with E-state index in [1.165, 1.54) is 12.8 Å². The zero-order valence-electron chi connectivity index (χ0n) is 17.7. The van der Waals surface area contributed by atoms with Crippen LogP contribution in [0.2, 0.25) is 0 Å². The van der Waals surface area contributed by atoms with Gasteiger partial charge in [-0.25, -0.2) is 0 Å². The number of piperidine rings is 1. The molecule has 2 aliphatic rings. The number of nitrogens with one attached hydrogen (secondary N) is 1. The SMILES string of the molecule is CCn1c(-c2ccccc2)c(C(=O)NC2C[C@H]3CC[C@@H](C2)N3C)c2ccccc21.Cl. The molecule has 30 heavy (non-hydrogen) atoms. The number of benzene rings is 2. The van der Waals surface area contributed by atoms with E-state index in [1.807, 2.05) is 24.3 Å². The standard InChI is InChI=1S/C25H29N3O.ClH/c1-3-28-22-12-8-7-11-21(22)23(24(28)17-9-5-4-6-10-17)25(29)26-18-15-19-13-14-20(16-18)27(19)2;/h4-12,18-20H,3,13-16H2,1-2H3,(H,26,29);1H/t18?,19-,20+;. The molecule has 0 radical (unpaired) electrons. The number of aryl methyl sites for hydroxylation is 1. The van der Waals surface area contributed by atoms with Crippen LogP contribution in [0, 0.1) is 0 Å². The van der Waals surface area contributed by atoms with Crippen LogP contribution in [0.3, 0.4) is 0 Å². The molecule has 1 amide bonds. The molecule has 5 heteroatoms. The summed E-state index contributed by atoms with van der Waals surface area (Å²) in [5.41, 5.74) is 4.07. The topological polar surface area (TPSA) is 37.3 Å². The van der Waals surface area contributed by atoms with Crippen molar-refractivity contribution in [3.05, 3.63) is 60.2 Å². The largest absolute Gasteiger partial charge is 0.349 e. The van der Waals surface area contributed by atoms with E-state index in [1.54, 1.807) is 0 Å². The van der Waals surface area contributed by atoms with Crippen LogP contribution >= 0.6 is 12.4 Å². The van der Waals surface area contributed by atoms with Gasteiger partial charge in [0.05, 0.1) is 11.3 Å². The van der Waals surface area contributed by atoms with Gasteiger partial charge < -0.3 is 14.8 Å². The van der Waals surface area contributed by atoms with E-state index in [9.17, 15) is 4.79 Å². The molecule has 4 nitrogen and oxygen atoms in total. The van der Waals surface area contributed by atoms with Gasteiger partial charge in [-0.2, -0.15) is 0 Å². The number of hydrogen-bond acceptors (Lipinski definition) is 2. The summed E-state index contributed by atoms with van der Waals surface area (Å²) < 4.78 is 2.28. The summed E-state index contributed by atoms with van der Waals surface area (Å²) in [6.45, 7) is 2.98. The number of halogens is 1. The summed E-state index contributed by atoms with van der Waals surface area (Å²) in [5, 5.41) is 4.46. The Hall–Kier alpha value is -2.30. The van der Waals surface area contributed by atoms with Gasteiger partial charge in [0.15, 0.2) is 0 Å². The number of amides is 1. The Bertz CT molecular complexity index is 1030. The van der Waals surface area contributed by atoms with E-state index < -0.39 is 0 Å². The van der Waals surface area contributed by atoms with E-state index in [0.717, 1.165) is 47.1 Å². The first-order valence-corrected chi connectivity index (χ1v) is 10.9. The molecule has 1 unspecified atom stereocenters. The lowest BCUT2D eigenvalue weighted by molar-refractivity contribution is 0.0884. The van der Waals surface area contributed by atoms with Crippen molar-refractivity contribution in [1.82, 2.24) is 14.8 Å². The first-order valence-electron chi connectivity index (χ1n) is 10.9. The lowest BCUT2D eigenvalue weighted by Gasteiger charge is -2.36. The molecule has 2 bridgehead atoms. The molecule has 0 saturated carbocycles. The lowest BCUT2D eigenvalue weighted by atomic mass is 9.97. The van der Waals surface area contributed by atoms with Crippen molar-refractivity contribution >= 4 is 29.2 Å². The fourth-order valence-corrected chi connectivity index (χ4v) is 5.54. The van der Waals surface area contributed by atoms with Crippen molar-refractivity contribution in [2.24, 2.45) is 0 Å². The van der Waals surface area contributed by atoms with Crippen LogP contribution in [0.25, 0.3) is 22.2 Å². The van der Waals surface area contributed by atoms with Crippen molar-refractivity contribution in [3.63, 3.8) is 0 Å². The second-order valence-electron chi connectivity index (χ2n) is 8.54. The number of carbonyl (C=O) groups is 1. The smallest absolute Gasteiger partial charge is 0.254 e. The van der Waals surface area contributed by atoms with Crippen LogP contribution < -0.4 is 5.32 Å². The summed E-state index contributed by atoms with van der Waals surface area (Å²) in [5.74, 6) is 0.0706. The van der Waals surface area contributed by atoms with Crippen LogP contribution in [-0.4, -0.2) is 40.5 Å². The zero-order valence-corrected chi connectivity index (χ0v) is 18.5. The maximum absolute atomic E-state index is 13.6. The summed E-state index contributed by atoms with van der Waals surface area (Å²) in [7, 11) is 2.24. The number of aromatic nitrogens is 1. The van der Waals surface area contributed by atoms with E-state index in [-0.39, 0.29) is 24.4 Å². The quantitative estimate of drug-likeness (QED) is 0.633. The Morgan fingerprint density at radius 1 is 1.00 bits per heavy atom. The molecule has 3 aromatic rings. The second kappa shape index (κ2) is 8.44. The lowest BCUT2D eigenvalue weighted by Crippen LogP contribution is -2.48. The monoisotopic (exact) mass is 423 g/mol. The number of hydrogen-bond donors (Lipinski definition) is 1. The minimum absolute atomic E-state index is 0. The number of carbonyl (C=O) groups excluding carboxylic acids is 1. The molecule has 5 rings (SSSR count). The highest BCUT2D eigenvalue weighted by Crippen LogP contribution is 2.36. The molecule has 0 spiro atoms. The highest BCUT2D eigenvalue weighted by Gasteiger charge is 2.39. The van der Waals surface area contributed by atoms with Crippen molar-refractivity contribution in [3.8, 4) is 11.3 Å². The van der Waals surface area contributed by atoms with E-state index >= 15 is 0 Å².